The maximum absolute atomic E-state index is 13.7. The van der Waals surface area contributed by atoms with Crippen LogP contribution in [-0.4, -0.2) is 21.2 Å². The molecule has 1 amide bonds. The molecule has 5 aromatic rings. The molecule has 1 atom stereocenters. The molecule has 0 bridgehead atoms. The Morgan fingerprint density at radius 2 is 1.86 bits per heavy atom. The zero-order chi connectivity index (χ0) is 24.8. The zero-order valence-electron chi connectivity index (χ0n) is 19.0. The second kappa shape index (κ2) is 8.92. The van der Waals surface area contributed by atoms with Gasteiger partial charge in [0.05, 0.1) is 17.0 Å². The Kier molecular flexibility index (Phi) is 5.58. The number of amides is 1. The highest BCUT2D eigenvalue weighted by Gasteiger charge is 2.45. The smallest absolute Gasteiger partial charge is 0.297 e. The van der Waals surface area contributed by atoms with Gasteiger partial charge in [-0.15, -0.1) is 10.2 Å². The Bertz CT molecular complexity index is 1680. The van der Waals surface area contributed by atoms with Gasteiger partial charge in [-0.2, -0.15) is 0 Å². The molecule has 7 nitrogen and oxygen atoms in total. The first-order valence-electron chi connectivity index (χ1n) is 11.2. The Balaban J connectivity index is 1.46. The minimum atomic E-state index is -0.805. The number of hydrogen-bond acceptors (Lipinski definition) is 8. The molecular weight excluding hydrogens is 494 g/mol. The van der Waals surface area contributed by atoms with Crippen molar-refractivity contribution in [1.29, 1.82) is 0 Å². The number of aromatic hydroxyl groups is 1. The molecule has 0 saturated heterocycles. The van der Waals surface area contributed by atoms with Crippen LogP contribution >= 0.6 is 23.1 Å². The molecule has 36 heavy (non-hydrogen) atoms. The number of benzene rings is 3. The lowest BCUT2D eigenvalue weighted by molar-refractivity contribution is 0.0970. The highest BCUT2D eigenvalue weighted by Crippen LogP contribution is 2.43. The summed E-state index contributed by atoms with van der Waals surface area (Å²) in [6.45, 7) is 1.89. The molecule has 1 unspecified atom stereocenters. The van der Waals surface area contributed by atoms with E-state index in [1.807, 2.05) is 43.3 Å². The maximum Gasteiger partial charge on any atom is 0.297 e. The first kappa shape index (κ1) is 22.5. The number of nitrogens with zero attached hydrogens (tertiary/aromatic N) is 3. The fourth-order valence-electron chi connectivity index (χ4n) is 4.37. The summed E-state index contributed by atoms with van der Waals surface area (Å²) < 4.78 is 6.70. The van der Waals surface area contributed by atoms with Crippen molar-refractivity contribution in [2.24, 2.45) is 0 Å². The number of fused-ring (bicyclic) bond motifs is 2. The first-order valence-corrected chi connectivity index (χ1v) is 13.0. The van der Waals surface area contributed by atoms with E-state index in [2.05, 4.69) is 10.2 Å². The lowest BCUT2D eigenvalue weighted by atomic mass is 9.98. The van der Waals surface area contributed by atoms with Gasteiger partial charge in [-0.25, -0.2) is 0 Å². The number of aromatic nitrogens is 2. The van der Waals surface area contributed by atoms with Crippen LogP contribution in [0.1, 0.15) is 38.9 Å². The molecule has 0 fully saturated rings. The van der Waals surface area contributed by atoms with E-state index in [1.165, 1.54) is 28.0 Å². The van der Waals surface area contributed by atoms with Gasteiger partial charge in [0.15, 0.2) is 9.77 Å². The van der Waals surface area contributed by atoms with E-state index in [0.717, 1.165) is 11.1 Å². The van der Waals surface area contributed by atoms with Crippen molar-refractivity contribution in [1.82, 2.24) is 10.2 Å². The van der Waals surface area contributed by atoms with Gasteiger partial charge in [0, 0.05) is 5.75 Å². The number of phenols is 1. The van der Waals surface area contributed by atoms with Gasteiger partial charge >= 0.3 is 0 Å². The molecule has 0 aliphatic carbocycles. The molecule has 0 spiro atoms. The van der Waals surface area contributed by atoms with Gasteiger partial charge in [0.1, 0.15) is 11.3 Å². The predicted octanol–water partition coefficient (Wildman–Crippen LogP) is 5.70. The summed E-state index contributed by atoms with van der Waals surface area (Å²) in [4.78, 5) is 28.8. The molecular formula is C27H19N3O4S2. The average Bonchev–Trinajstić information content (AvgIpc) is 3.46. The zero-order valence-corrected chi connectivity index (χ0v) is 20.7. The van der Waals surface area contributed by atoms with Crippen LogP contribution in [0.15, 0.2) is 86.3 Å². The van der Waals surface area contributed by atoms with Crippen LogP contribution in [0.5, 0.6) is 5.75 Å². The maximum atomic E-state index is 13.7. The molecule has 0 saturated carbocycles. The molecule has 1 N–H and O–H groups in total. The Morgan fingerprint density at radius 3 is 2.67 bits per heavy atom. The van der Waals surface area contributed by atoms with Crippen LogP contribution in [-0.2, 0) is 5.75 Å². The van der Waals surface area contributed by atoms with Crippen molar-refractivity contribution < 1.29 is 14.3 Å². The van der Waals surface area contributed by atoms with E-state index in [-0.39, 0.29) is 22.5 Å². The molecule has 0 radical (unpaired) electrons. The topological polar surface area (TPSA) is 96.5 Å². The van der Waals surface area contributed by atoms with E-state index in [0.29, 0.717) is 31.8 Å². The van der Waals surface area contributed by atoms with E-state index in [9.17, 15) is 14.7 Å². The number of aryl methyl sites for hydroxylation is 1. The van der Waals surface area contributed by atoms with Gasteiger partial charge < -0.3 is 9.52 Å². The van der Waals surface area contributed by atoms with E-state index in [1.54, 1.807) is 36.4 Å². The molecule has 2 aromatic heterocycles. The molecule has 1 aliphatic heterocycles. The van der Waals surface area contributed by atoms with Crippen molar-refractivity contribution in [2.75, 3.05) is 4.90 Å². The van der Waals surface area contributed by atoms with Crippen molar-refractivity contribution in [3.05, 3.63) is 111 Å². The second-order valence-corrected chi connectivity index (χ2v) is 10.6. The summed E-state index contributed by atoms with van der Waals surface area (Å²) in [7, 11) is 0. The van der Waals surface area contributed by atoms with Crippen LogP contribution in [0.3, 0.4) is 0 Å². The minimum Gasteiger partial charge on any atom is -0.508 e. The van der Waals surface area contributed by atoms with Crippen LogP contribution in [0, 0.1) is 6.92 Å². The first-order chi connectivity index (χ1) is 17.5. The molecule has 6 rings (SSSR count). The highest BCUT2D eigenvalue weighted by atomic mass is 32.2. The largest absolute Gasteiger partial charge is 0.508 e. The molecule has 9 heteroatoms. The molecule has 178 valence electrons. The van der Waals surface area contributed by atoms with Gasteiger partial charge in [0.25, 0.3) is 5.91 Å². The second-order valence-electron chi connectivity index (χ2n) is 8.47. The number of anilines is 1. The van der Waals surface area contributed by atoms with Crippen molar-refractivity contribution in [3.8, 4) is 5.75 Å². The van der Waals surface area contributed by atoms with Crippen molar-refractivity contribution >= 4 is 45.1 Å². The van der Waals surface area contributed by atoms with Gasteiger partial charge in [0.2, 0.25) is 10.9 Å². The third-order valence-electron chi connectivity index (χ3n) is 6.02. The fourth-order valence-corrected chi connectivity index (χ4v) is 6.20. The number of rotatable bonds is 5. The van der Waals surface area contributed by atoms with Crippen LogP contribution < -0.4 is 10.3 Å². The predicted molar refractivity (Wildman–Crippen MR) is 140 cm³/mol. The summed E-state index contributed by atoms with van der Waals surface area (Å²) in [6, 6.07) is 21.0. The standard InChI is InChI=1S/C27H19N3O4S2/c1-15-10-11-20-19(12-15)23(32)21-22(17-8-5-9-18(31)13-17)30(25(33)24(21)34-20)26-28-29-27(36-26)35-14-16-6-3-2-4-7-16/h2-13,22,31H,14H2,1H3. The summed E-state index contributed by atoms with van der Waals surface area (Å²) in [5, 5.41) is 19.5. The average molecular weight is 514 g/mol. The Hall–Kier alpha value is -3.95. The lowest BCUT2D eigenvalue weighted by Crippen LogP contribution is -2.29. The number of phenolic OH excluding ortho intramolecular Hbond substituents is 1. The summed E-state index contributed by atoms with van der Waals surface area (Å²) >= 11 is 2.80. The lowest BCUT2D eigenvalue weighted by Gasteiger charge is -2.22. The third kappa shape index (κ3) is 3.86. The van der Waals surface area contributed by atoms with Crippen molar-refractivity contribution in [3.63, 3.8) is 0 Å². The normalized spacial score (nSPS) is 15.0. The van der Waals surface area contributed by atoms with E-state index >= 15 is 0 Å². The van der Waals surface area contributed by atoms with Gasteiger partial charge in [-0.05, 0) is 42.3 Å². The summed E-state index contributed by atoms with van der Waals surface area (Å²) in [6.07, 6.45) is 0. The molecule has 3 aromatic carbocycles. The molecule has 3 heterocycles. The minimum absolute atomic E-state index is 0.0154. The van der Waals surface area contributed by atoms with E-state index < -0.39 is 11.9 Å². The fraction of sp³-hybridized carbons (Fsp3) is 0.111. The van der Waals surface area contributed by atoms with Crippen LogP contribution in [0.25, 0.3) is 11.0 Å². The SMILES string of the molecule is Cc1ccc2oc3c(c(=O)c2c1)C(c1cccc(O)c1)N(c1nnc(SCc2ccccc2)s1)C3=O. The molecule has 1 aliphatic rings. The van der Waals surface area contributed by atoms with Crippen LogP contribution in [0.2, 0.25) is 0 Å². The van der Waals surface area contributed by atoms with Crippen molar-refractivity contribution in [2.45, 2.75) is 23.1 Å². The number of thioether (sulfide) groups is 1. The monoisotopic (exact) mass is 513 g/mol. The van der Waals surface area contributed by atoms with Gasteiger partial charge in [-0.3, -0.25) is 14.5 Å². The van der Waals surface area contributed by atoms with E-state index in [4.69, 9.17) is 4.42 Å². The number of carbonyl (C=O) groups excluding carboxylic acids is 1. The quantitative estimate of drug-likeness (QED) is 0.238. The van der Waals surface area contributed by atoms with Gasteiger partial charge in [-0.1, -0.05) is 77.2 Å². The number of carbonyl (C=O) groups is 1. The summed E-state index contributed by atoms with van der Waals surface area (Å²) in [5.41, 5.74) is 2.95. The highest BCUT2D eigenvalue weighted by molar-refractivity contribution is 8.00. The third-order valence-corrected chi connectivity index (χ3v) is 8.15. The Labute approximate surface area is 214 Å². The summed E-state index contributed by atoms with van der Waals surface area (Å²) in [5.74, 6) is 0.266. The Morgan fingerprint density at radius 1 is 1.03 bits per heavy atom. The number of hydrogen-bond donors (Lipinski definition) is 1. The van der Waals surface area contributed by atoms with Crippen LogP contribution in [0.4, 0.5) is 5.13 Å².